The van der Waals surface area contributed by atoms with Gasteiger partial charge < -0.3 is 10.8 Å². The van der Waals surface area contributed by atoms with Crippen LogP contribution in [0.3, 0.4) is 0 Å². The standard InChI is InChI=1S/C13H21NO/c1-4-13(15,9-10(2)3)11-7-5-6-8-12(11)14/h5-8,10,15H,4,9,14H2,1-3H3. The van der Waals surface area contributed by atoms with E-state index in [1.54, 1.807) is 0 Å². The van der Waals surface area contributed by atoms with Gasteiger partial charge in [0.25, 0.3) is 0 Å². The topological polar surface area (TPSA) is 46.2 Å². The molecule has 0 spiro atoms. The van der Waals surface area contributed by atoms with Crippen molar-refractivity contribution in [3.8, 4) is 0 Å². The monoisotopic (exact) mass is 207 g/mol. The summed E-state index contributed by atoms with van der Waals surface area (Å²) in [4.78, 5) is 0. The number of anilines is 1. The summed E-state index contributed by atoms with van der Waals surface area (Å²) < 4.78 is 0. The number of para-hydroxylation sites is 1. The minimum absolute atomic E-state index is 0.453. The third kappa shape index (κ3) is 2.72. The molecule has 0 saturated carbocycles. The maximum absolute atomic E-state index is 10.6. The number of aliphatic hydroxyl groups is 1. The molecule has 0 aromatic heterocycles. The van der Waals surface area contributed by atoms with Gasteiger partial charge in [0.2, 0.25) is 0 Å². The van der Waals surface area contributed by atoms with Crippen LogP contribution < -0.4 is 5.73 Å². The van der Waals surface area contributed by atoms with Crippen LogP contribution in [0.4, 0.5) is 5.69 Å². The minimum Gasteiger partial charge on any atom is -0.398 e. The molecule has 0 bridgehead atoms. The number of benzene rings is 1. The predicted octanol–water partition coefficient (Wildman–Crippen LogP) is 2.91. The molecule has 0 radical (unpaired) electrons. The summed E-state index contributed by atoms with van der Waals surface area (Å²) >= 11 is 0. The van der Waals surface area contributed by atoms with E-state index in [0.29, 0.717) is 18.0 Å². The third-order valence-corrected chi connectivity index (χ3v) is 2.79. The number of nitrogen functional groups attached to an aromatic ring is 1. The summed E-state index contributed by atoms with van der Waals surface area (Å²) in [6.07, 6.45) is 1.44. The van der Waals surface area contributed by atoms with Gasteiger partial charge in [0, 0.05) is 11.3 Å². The lowest BCUT2D eigenvalue weighted by atomic mass is 9.83. The van der Waals surface area contributed by atoms with Crippen molar-refractivity contribution >= 4 is 5.69 Å². The molecule has 0 amide bonds. The van der Waals surface area contributed by atoms with Gasteiger partial charge in [0.05, 0.1) is 5.60 Å². The molecule has 2 nitrogen and oxygen atoms in total. The van der Waals surface area contributed by atoms with E-state index in [4.69, 9.17) is 5.73 Å². The Morgan fingerprint density at radius 3 is 2.40 bits per heavy atom. The smallest absolute Gasteiger partial charge is 0.0916 e. The zero-order valence-corrected chi connectivity index (χ0v) is 9.83. The summed E-state index contributed by atoms with van der Waals surface area (Å²) in [7, 11) is 0. The van der Waals surface area contributed by atoms with E-state index < -0.39 is 5.60 Å². The first kappa shape index (κ1) is 12.1. The van der Waals surface area contributed by atoms with Crippen LogP contribution in [0.2, 0.25) is 0 Å². The van der Waals surface area contributed by atoms with Gasteiger partial charge in [0.15, 0.2) is 0 Å². The Morgan fingerprint density at radius 1 is 1.33 bits per heavy atom. The van der Waals surface area contributed by atoms with Crippen LogP contribution in [0.1, 0.15) is 39.2 Å². The minimum atomic E-state index is -0.778. The van der Waals surface area contributed by atoms with Gasteiger partial charge in [-0.05, 0) is 24.8 Å². The molecular weight excluding hydrogens is 186 g/mol. The summed E-state index contributed by atoms with van der Waals surface area (Å²) in [6.45, 7) is 6.22. The molecule has 0 heterocycles. The van der Waals surface area contributed by atoms with Crippen molar-refractivity contribution in [1.29, 1.82) is 0 Å². The molecule has 0 fully saturated rings. The van der Waals surface area contributed by atoms with Crippen LogP contribution in [-0.2, 0) is 5.60 Å². The molecule has 1 aromatic rings. The molecule has 84 valence electrons. The molecule has 3 N–H and O–H groups in total. The first-order valence-electron chi connectivity index (χ1n) is 5.57. The Kier molecular flexibility index (Phi) is 3.75. The fraction of sp³-hybridized carbons (Fsp3) is 0.538. The number of hydrogen-bond donors (Lipinski definition) is 2. The van der Waals surface area contributed by atoms with Crippen LogP contribution in [0, 0.1) is 5.92 Å². The molecule has 1 unspecified atom stereocenters. The van der Waals surface area contributed by atoms with Crippen molar-refractivity contribution < 1.29 is 5.11 Å². The first-order valence-corrected chi connectivity index (χ1v) is 5.57. The van der Waals surface area contributed by atoms with E-state index in [1.165, 1.54) is 0 Å². The van der Waals surface area contributed by atoms with Crippen molar-refractivity contribution in [2.45, 2.75) is 39.2 Å². The molecule has 1 rings (SSSR count). The first-order chi connectivity index (χ1) is 6.99. The molecule has 0 saturated heterocycles. The van der Waals surface area contributed by atoms with E-state index in [2.05, 4.69) is 13.8 Å². The Balaban J connectivity index is 3.05. The van der Waals surface area contributed by atoms with Gasteiger partial charge >= 0.3 is 0 Å². The number of nitrogens with two attached hydrogens (primary N) is 1. The fourth-order valence-corrected chi connectivity index (χ4v) is 2.04. The average Bonchev–Trinajstić information content (AvgIpc) is 2.17. The van der Waals surface area contributed by atoms with Crippen molar-refractivity contribution in [2.24, 2.45) is 5.92 Å². The molecule has 15 heavy (non-hydrogen) atoms. The average molecular weight is 207 g/mol. The second-order valence-electron chi connectivity index (χ2n) is 4.57. The zero-order valence-electron chi connectivity index (χ0n) is 9.83. The highest BCUT2D eigenvalue weighted by Gasteiger charge is 2.29. The molecular formula is C13H21NO. The second-order valence-corrected chi connectivity index (χ2v) is 4.57. The highest BCUT2D eigenvalue weighted by Crippen LogP contribution is 2.34. The predicted molar refractivity (Wildman–Crippen MR) is 64.5 cm³/mol. The summed E-state index contributed by atoms with van der Waals surface area (Å²) in [6, 6.07) is 7.58. The van der Waals surface area contributed by atoms with Gasteiger partial charge in [-0.25, -0.2) is 0 Å². The summed E-state index contributed by atoms with van der Waals surface area (Å²) in [5, 5.41) is 10.6. The molecule has 0 aliphatic rings. The van der Waals surface area contributed by atoms with Crippen molar-refractivity contribution in [3.05, 3.63) is 29.8 Å². The van der Waals surface area contributed by atoms with Crippen LogP contribution in [0.25, 0.3) is 0 Å². The Morgan fingerprint density at radius 2 is 1.93 bits per heavy atom. The van der Waals surface area contributed by atoms with Gasteiger partial charge in [-0.2, -0.15) is 0 Å². The second kappa shape index (κ2) is 4.67. The maximum Gasteiger partial charge on any atom is 0.0916 e. The third-order valence-electron chi connectivity index (χ3n) is 2.79. The lowest BCUT2D eigenvalue weighted by Gasteiger charge is -2.30. The summed E-state index contributed by atoms with van der Waals surface area (Å²) in [5.41, 5.74) is 6.66. The van der Waals surface area contributed by atoms with Gasteiger partial charge in [-0.3, -0.25) is 0 Å². The molecule has 0 aliphatic heterocycles. The molecule has 1 aromatic carbocycles. The Labute approximate surface area is 92.1 Å². The van der Waals surface area contributed by atoms with E-state index in [1.807, 2.05) is 31.2 Å². The van der Waals surface area contributed by atoms with E-state index in [-0.39, 0.29) is 0 Å². The lowest BCUT2D eigenvalue weighted by molar-refractivity contribution is 0.0121. The highest BCUT2D eigenvalue weighted by atomic mass is 16.3. The van der Waals surface area contributed by atoms with Crippen molar-refractivity contribution in [2.75, 3.05) is 5.73 Å². The maximum atomic E-state index is 10.6. The lowest BCUT2D eigenvalue weighted by Crippen LogP contribution is -2.27. The van der Waals surface area contributed by atoms with Crippen molar-refractivity contribution in [3.63, 3.8) is 0 Å². The van der Waals surface area contributed by atoms with Crippen molar-refractivity contribution in [1.82, 2.24) is 0 Å². The Bertz CT molecular complexity index is 322. The largest absolute Gasteiger partial charge is 0.398 e. The zero-order chi connectivity index (χ0) is 11.5. The molecule has 2 heteroatoms. The van der Waals surface area contributed by atoms with E-state index in [9.17, 15) is 5.11 Å². The summed E-state index contributed by atoms with van der Waals surface area (Å²) in [5.74, 6) is 0.453. The van der Waals surface area contributed by atoms with Gasteiger partial charge in [0.1, 0.15) is 0 Å². The number of hydrogen-bond acceptors (Lipinski definition) is 2. The van der Waals surface area contributed by atoms with Crippen LogP contribution >= 0.6 is 0 Å². The van der Waals surface area contributed by atoms with Crippen LogP contribution in [0.15, 0.2) is 24.3 Å². The highest BCUT2D eigenvalue weighted by molar-refractivity contribution is 5.49. The fourth-order valence-electron chi connectivity index (χ4n) is 2.04. The van der Waals surface area contributed by atoms with Crippen LogP contribution in [-0.4, -0.2) is 5.11 Å². The number of rotatable bonds is 4. The van der Waals surface area contributed by atoms with Gasteiger partial charge in [-0.1, -0.05) is 39.0 Å². The SMILES string of the molecule is CCC(O)(CC(C)C)c1ccccc1N. The van der Waals surface area contributed by atoms with E-state index >= 15 is 0 Å². The quantitative estimate of drug-likeness (QED) is 0.746. The normalized spacial score (nSPS) is 15.3. The molecule has 1 atom stereocenters. The van der Waals surface area contributed by atoms with Crippen LogP contribution in [0.5, 0.6) is 0 Å². The van der Waals surface area contributed by atoms with Gasteiger partial charge in [-0.15, -0.1) is 0 Å². The van der Waals surface area contributed by atoms with E-state index in [0.717, 1.165) is 12.0 Å². The Hall–Kier alpha value is -1.02. The molecule has 0 aliphatic carbocycles.